The molecule has 1 aliphatic heterocycles. The first-order valence-corrected chi connectivity index (χ1v) is 11.0. The summed E-state index contributed by atoms with van der Waals surface area (Å²) >= 11 is 1.61. The van der Waals surface area contributed by atoms with E-state index in [2.05, 4.69) is 23.2 Å². The van der Waals surface area contributed by atoms with Crippen LogP contribution in [0.5, 0.6) is 5.75 Å². The molecule has 0 N–H and O–H groups in total. The molecular weight excluding hydrogens is 356 g/mol. The summed E-state index contributed by atoms with van der Waals surface area (Å²) in [4.78, 5) is 19.2. The van der Waals surface area contributed by atoms with E-state index in [1.807, 2.05) is 23.3 Å². The van der Waals surface area contributed by atoms with E-state index in [-0.39, 0.29) is 5.91 Å². The molecule has 1 amide bonds. The molecule has 4 nitrogen and oxygen atoms in total. The van der Waals surface area contributed by atoms with Gasteiger partial charge >= 0.3 is 0 Å². The Morgan fingerprint density at radius 3 is 2.74 bits per heavy atom. The normalized spacial score (nSPS) is 16.9. The van der Waals surface area contributed by atoms with Crippen LogP contribution in [0.2, 0.25) is 0 Å². The Labute approximate surface area is 166 Å². The second-order valence-electron chi connectivity index (χ2n) is 7.24. The van der Waals surface area contributed by atoms with E-state index in [0.717, 1.165) is 48.8 Å². The Morgan fingerprint density at radius 2 is 1.89 bits per heavy atom. The maximum Gasteiger partial charge on any atom is 0.228 e. The maximum atomic E-state index is 12.8. The number of benzene rings is 1. The molecule has 1 aromatic heterocycles. The number of para-hydroxylation sites is 1. The van der Waals surface area contributed by atoms with Crippen LogP contribution in [0.25, 0.3) is 0 Å². The van der Waals surface area contributed by atoms with Gasteiger partial charge in [0.15, 0.2) is 0 Å². The lowest BCUT2D eigenvalue weighted by Crippen LogP contribution is -2.35. The van der Waals surface area contributed by atoms with Gasteiger partial charge in [-0.15, -0.1) is 11.3 Å². The van der Waals surface area contributed by atoms with Crippen LogP contribution in [-0.4, -0.2) is 35.5 Å². The first-order chi connectivity index (χ1) is 13.2. The second-order valence-corrected chi connectivity index (χ2v) is 8.31. The highest BCUT2D eigenvalue weighted by Crippen LogP contribution is 2.21. The number of carbonyl (C=O) groups is 1. The molecule has 0 bridgehead atoms. The smallest absolute Gasteiger partial charge is 0.228 e. The van der Waals surface area contributed by atoms with Gasteiger partial charge < -0.3 is 9.64 Å². The highest BCUT2D eigenvalue weighted by atomic mass is 32.1. The summed E-state index contributed by atoms with van der Waals surface area (Å²) in [7, 11) is 0. The third-order valence-corrected chi connectivity index (χ3v) is 5.85. The number of thiazole rings is 1. The highest BCUT2D eigenvalue weighted by molar-refractivity contribution is 7.09. The lowest BCUT2D eigenvalue weighted by Gasteiger charge is -2.23. The summed E-state index contributed by atoms with van der Waals surface area (Å²) < 4.78 is 6.03. The van der Waals surface area contributed by atoms with Crippen molar-refractivity contribution in [2.75, 3.05) is 19.7 Å². The zero-order valence-electron chi connectivity index (χ0n) is 16.3. The Morgan fingerprint density at radius 1 is 1.11 bits per heavy atom. The topological polar surface area (TPSA) is 42.4 Å². The van der Waals surface area contributed by atoms with E-state index in [4.69, 9.17) is 4.74 Å². The van der Waals surface area contributed by atoms with Crippen molar-refractivity contribution < 1.29 is 9.53 Å². The van der Waals surface area contributed by atoms with Crippen molar-refractivity contribution in [3.8, 4) is 5.75 Å². The van der Waals surface area contributed by atoms with E-state index in [0.29, 0.717) is 13.0 Å². The van der Waals surface area contributed by atoms with Crippen LogP contribution in [-0.2, 0) is 17.6 Å². The molecule has 2 heterocycles. The minimum Gasteiger partial charge on any atom is -0.493 e. The number of nitrogens with zero attached hydrogens (tertiary/aromatic N) is 2. The fourth-order valence-corrected chi connectivity index (χ4v) is 4.17. The van der Waals surface area contributed by atoms with Gasteiger partial charge in [0, 0.05) is 18.5 Å². The molecule has 5 heteroatoms. The number of fused-ring (bicyclic) bond motifs is 1. The lowest BCUT2D eigenvalue weighted by molar-refractivity contribution is -0.130. The van der Waals surface area contributed by atoms with Gasteiger partial charge in [0.2, 0.25) is 5.91 Å². The summed E-state index contributed by atoms with van der Waals surface area (Å²) in [6.45, 7) is 4.23. The monoisotopic (exact) mass is 386 g/mol. The van der Waals surface area contributed by atoms with Crippen molar-refractivity contribution in [2.24, 2.45) is 0 Å². The van der Waals surface area contributed by atoms with Crippen LogP contribution in [0, 0.1) is 6.92 Å². The van der Waals surface area contributed by atoms with E-state index in [1.54, 1.807) is 11.3 Å². The third-order valence-electron chi connectivity index (χ3n) is 5.03. The highest BCUT2D eigenvalue weighted by Gasteiger charge is 2.15. The van der Waals surface area contributed by atoms with Crippen LogP contribution >= 0.6 is 11.3 Å². The summed E-state index contributed by atoms with van der Waals surface area (Å²) in [5.74, 6) is 1.19. The maximum absolute atomic E-state index is 12.8. The van der Waals surface area contributed by atoms with E-state index in [9.17, 15) is 4.79 Å². The first-order valence-electron chi connectivity index (χ1n) is 10.1. The van der Waals surface area contributed by atoms with Crippen LogP contribution in [0.3, 0.4) is 0 Å². The fourth-order valence-electron chi connectivity index (χ4n) is 3.55. The number of aromatic nitrogens is 1. The van der Waals surface area contributed by atoms with Crippen molar-refractivity contribution in [3.63, 3.8) is 0 Å². The summed E-state index contributed by atoms with van der Waals surface area (Å²) in [5.41, 5.74) is 2.20. The lowest BCUT2D eigenvalue weighted by atomic mass is 10.0. The van der Waals surface area contributed by atoms with Crippen molar-refractivity contribution in [1.82, 2.24) is 9.88 Å². The minimum absolute atomic E-state index is 0.188. The molecule has 0 atom stereocenters. The molecule has 0 unspecified atom stereocenters. The van der Waals surface area contributed by atoms with E-state index >= 15 is 0 Å². The van der Waals surface area contributed by atoms with E-state index < -0.39 is 0 Å². The molecule has 2 aromatic rings. The van der Waals surface area contributed by atoms with E-state index in [1.165, 1.54) is 31.2 Å². The standard InChI is InChI=1S/C22H30N2O2S/c1-18-23-20(17-27-18)16-22(25)24-13-8-4-2-3-5-10-19-11-6-7-12-21(19)26-15-9-14-24/h6-7,11-12,17H,2-5,8-10,13-16H2,1H3. The average molecular weight is 387 g/mol. The zero-order chi connectivity index (χ0) is 18.9. The van der Waals surface area contributed by atoms with Crippen molar-refractivity contribution >= 4 is 17.2 Å². The van der Waals surface area contributed by atoms with Crippen LogP contribution in [0.15, 0.2) is 29.6 Å². The predicted octanol–water partition coefficient (Wildman–Crippen LogP) is 4.80. The quantitative estimate of drug-likeness (QED) is 0.745. The molecule has 146 valence electrons. The Kier molecular flexibility index (Phi) is 7.69. The Hall–Kier alpha value is -1.88. The van der Waals surface area contributed by atoms with Gasteiger partial charge in [-0.1, -0.05) is 37.5 Å². The van der Waals surface area contributed by atoms with Crippen molar-refractivity contribution in [3.05, 3.63) is 45.9 Å². The zero-order valence-corrected chi connectivity index (χ0v) is 17.1. The first kappa shape index (κ1) is 19.9. The third kappa shape index (κ3) is 6.35. The van der Waals surface area contributed by atoms with Gasteiger partial charge in [0.1, 0.15) is 5.75 Å². The molecule has 1 aromatic carbocycles. The van der Waals surface area contributed by atoms with Gasteiger partial charge in [0.25, 0.3) is 0 Å². The molecule has 1 aliphatic rings. The molecule has 0 spiro atoms. The number of hydrogen-bond acceptors (Lipinski definition) is 4. The molecule has 0 saturated heterocycles. The molecule has 0 radical (unpaired) electrons. The minimum atomic E-state index is 0.188. The molecule has 27 heavy (non-hydrogen) atoms. The number of carbonyl (C=O) groups excluding carboxylic acids is 1. The number of rotatable bonds is 2. The fraction of sp³-hybridized carbons (Fsp3) is 0.545. The Balaban J connectivity index is 1.59. The van der Waals surface area contributed by atoms with Gasteiger partial charge in [-0.25, -0.2) is 4.98 Å². The average Bonchev–Trinajstić information content (AvgIpc) is 3.07. The van der Waals surface area contributed by atoms with Crippen LogP contribution in [0.4, 0.5) is 0 Å². The number of amides is 1. The molecule has 0 aliphatic carbocycles. The van der Waals surface area contributed by atoms with Crippen LogP contribution < -0.4 is 4.74 Å². The summed E-state index contributed by atoms with van der Waals surface area (Å²) in [6.07, 6.45) is 8.30. The van der Waals surface area contributed by atoms with Gasteiger partial charge in [-0.3, -0.25) is 4.79 Å². The second kappa shape index (κ2) is 10.5. The van der Waals surface area contributed by atoms with Crippen LogP contribution in [0.1, 0.15) is 54.8 Å². The Bertz CT molecular complexity index is 729. The molecule has 3 rings (SSSR count). The van der Waals surface area contributed by atoms with Gasteiger partial charge in [-0.2, -0.15) is 0 Å². The summed E-state index contributed by atoms with van der Waals surface area (Å²) in [5, 5.41) is 3.02. The SMILES string of the molecule is Cc1nc(CC(=O)N2CCCCCCCc3ccccc3OCCC2)cs1. The predicted molar refractivity (Wildman–Crippen MR) is 110 cm³/mol. The summed E-state index contributed by atoms with van der Waals surface area (Å²) in [6, 6.07) is 8.36. The van der Waals surface area contributed by atoms with Crippen molar-refractivity contribution in [2.45, 2.75) is 58.3 Å². The number of ether oxygens (including phenoxy) is 1. The molecule has 0 saturated carbocycles. The number of aryl methyl sites for hydroxylation is 2. The molecule has 0 fully saturated rings. The van der Waals surface area contributed by atoms with Crippen molar-refractivity contribution in [1.29, 1.82) is 0 Å². The van der Waals surface area contributed by atoms with Gasteiger partial charge in [-0.05, 0) is 44.2 Å². The molecular formula is C22H30N2O2S. The van der Waals surface area contributed by atoms with Gasteiger partial charge in [0.05, 0.1) is 23.7 Å². The number of hydrogen-bond donors (Lipinski definition) is 0. The largest absolute Gasteiger partial charge is 0.493 e.